The van der Waals surface area contributed by atoms with Crippen LogP contribution in [0.25, 0.3) is 0 Å². The van der Waals surface area contributed by atoms with Crippen LogP contribution < -0.4 is 4.74 Å². The fourth-order valence-corrected chi connectivity index (χ4v) is 3.60. The molecule has 0 bridgehead atoms. The van der Waals surface area contributed by atoms with Gasteiger partial charge < -0.3 is 37.9 Å². The van der Waals surface area contributed by atoms with Crippen molar-refractivity contribution in [2.24, 2.45) is 0 Å². The van der Waals surface area contributed by atoms with E-state index in [2.05, 4.69) is 31.2 Å². The highest BCUT2D eigenvalue weighted by atomic mass is 16.6. The van der Waals surface area contributed by atoms with Crippen LogP contribution in [0, 0.1) is 0 Å². The largest absolute Gasteiger partial charge is 0.491 e. The first-order valence-electron chi connectivity index (χ1n) is 14.5. The van der Waals surface area contributed by atoms with Crippen molar-refractivity contribution < 1.29 is 37.9 Å². The Morgan fingerprint density at radius 1 is 0.447 bits per heavy atom. The first-order chi connectivity index (χ1) is 18.9. The van der Waals surface area contributed by atoms with Gasteiger partial charge in [0.2, 0.25) is 0 Å². The molecule has 1 aromatic carbocycles. The molecule has 222 valence electrons. The van der Waals surface area contributed by atoms with Crippen molar-refractivity contribution in [2.45, 2.75) is 58.3 Å². The van der Waals surface area contributed by atoms with Gasteiger partial charge in [0.05, 0.1) is 85.9 Å². The Morgan fingerprint density at radius 3 is 1.29 bits per heavy atom. The topological polar surface area (TPSA) is 73.8 Å². The van der Waals surface area contributed by atoms with E-state index in [9.17, 15) is 0 Å². The average Bonchev–Trinajstić information content (AvgIpc) is 2.94. The summed E-state index contributed by atoms with van der Waals surface area (Å²) in [5.74, 6) is 0.894. The highest BCUT2D eigenvalue weighted by Crippen LogP contribution is 2.15. The molecule has 0 amide bonds. The first kappa shape index (κ1) is 34.8. The minimum absolute atomic E-state index is 0.535. The molecule has 0 fully saturated rings. The van der Waals surface area contributed by atoms with Gasteiger partial charge in [-0.3, -0.25) is 0 Å². The molecule has 0 aliphatic rings. The number of methoxy groups -OCH3 is 1. The predicted molar refractivity (Wildman–Crippen MR) is 150 cm³/mol. The zero-order valence-corrected chi connectivity index (χ0v) is 24.1. The smallest absolute Gasteiger partial charge is 0.119 e. The summed E-state index contributed by atoms with van der Waals surface area (Å²) < 4.78 is 43.4. The lowest BCUT2D eigenvalue weighted by Crippen LogP contribution is -2.15. The molecule has 0 spiro atoms. The molecule has 0 radical (unpaired) electrons. The Morgan fingerprint density at radius 2 is 0.842 bits per heavy atom. The average molecular weight is 543 g/mol. The molecule has 0 unspecified atom stereocenters. The molecule has 0 N–H and O–H groups in total. The molecular formula is C30H54O8. The van der Waals surface area contributed by atoms with Crippen LogP contribution in [0.2, 0.25) is 0 Å². The van der Waals surface area contributed by atoms with Crippen LogP contribution in [0.15, 0.2) is 24.3 Å². The zero-order valence-electron chi connectivity index (χ0n) is 24.1. The third-order valence-electron chi connectivity index (χ3n) is 5.78. The summed E-state index contributed by atoms with van der Waals surface area (Å²) in [6.45, 7) is 10.0. The van der Waals surface area contributed by atoms with Crippen molar-refractivity contribution >= 4 is 0 Å². The van der Waals surface area contributed by atoms with E-state index in [-0.39, 0.29) is 0 Å². The number of benzene rings is 1. The number of unbranched alkanes of at least 4 members (excludes halogenated alkanes) is 6. The molecule has 8 nitrogen and oxygen atoms in total. The van der Waals surface area contributed by atoms with Crippen molar-refractivity contribution in [3.8, 4) is 5.75 Å². The molecule has 0 saturated heterocycles. The molecule has 8 heteroatoms. The highest BCUT2D eigenvalue weighted by molar-refractivity contribution is 5.27. The Kier molecular flexibility index (Phi) is 26.3. The van der Waals surface area contributed by atoms with Crippen molar-refractivity contribution in [1.29, 1.82) is 0 Å². The Balaban J connectivity index is 1.78. The normalized spacial score (nSPS) is 11.3. The van der Waals surface area contributed by atoms with E-state index in [1.807, 2.05) is 0 Å². The van der Waals surface area contributed by atoms with Gasteiger partial charge >= 0.3 is 0 Å². The van der Waals surface area contributed by atoms with Gasteiger partial charge in [-0.15, -0.1) is 0 Å². The van der Waals surface area contributed by atoms with E-state index < -0.39 is 0 Å². The molecule has 0 heterocycles. The fourth-order valence-electron chi connectivity index (χ4n) is 3.60. The maximum absolute atomic E-state index is 5.76. The van der Waals surface area contributed by atoms with E-state index in [1.54, 1.807) is 7.11 Å². The SMILES string of the molecule is CCCCCCCCCc1ccc(OCCOCCOCCOCCOCCOCCOCCOC)cc1. The van der Waals surface area contributed by atoms with E-state index >= 15 is 0 Å². The summed E-state index contributed by atoms with van der Waals surface area (Å²) in [7, 11) is 1.65. The summed E-state index contributed by atoms with van der Waals surface area (Å²) in [6.07, 6.45) is 10.6. The molecule has 0 aromatic heterocycles. The van der Waals surface area contributed by atoms with Gasteiger partial charge in [-0.05, 0) is 30.5 Å². The van der Waals surface area contributed by atoms with Gasteiger partial charge in [-0.25, -0.2) is 0 Å². The summed E-state index contributed by atoms with van der Waals surface area (Å²) >= 11 is 0. The molecule has 1 aromatic rings. The summed E-state index contributed by atoms with van der Waals surface area (Å²) in [5, 5.41) is 0. The van der Waals surface area contributed by atoms with Crippen molar-refractivity contribution in [3.05, 3.63) is 29.8 Å². The number of hydrogen-bond donors (Lipinski definition) is 0. The third kappa shape index (κ3) is 23.8. The Bertz CT molecular complexity index is 584. The Hall–Kier alpha value is -1.26. The number of aryl methyl sites for hydroxylation is 1. The molecule has 38 heavy (non-hydrogen) atoms. The maximum Gasteiger partial charge on any atom is 0.119 e. The van der Waals surface area contributed by atoms with Crippen LogP contribution in [-0.4, -0.2) is 99.6 Å². The lowest BCUT2D eigenvalue weighted by atomic mass is 10.0. The number of rotatable bonds is 30. The highest BCUT2D eigenvalue weighted by Gasteiger charge is 1.98. The monoisotopic (exact) mass is 542 g/mol. The summed E-state index contributed by atoms with van der Waals surface area (Å²) in [6, 6.07) is 8.46. The van der Waals surface area contributed by atoms with Gasteiger partial charge in [0, 0.05) is 7.11 Å². The van der Waals surface area contributed by atoms with Gasteiger partial charge in [0.15, 0.2) is 0 Å². The van der Waals surface area contributed by atoms with Crippen molar-refractivity contribution in [3.63, 3.8) is 0 Å². The summed E-state index contributed by atoms with van der Waals surface area (Å²) in [4.78, 5) is 0. The van der Waals surface area contributed by atoms with Crippen LogP contribution >= 0.6 is 0 Å². The van der Waals surface area contributed by atoms with E-state index in [4.69, 9.17) is 37.9 Å². The van der Waals surface area contributed by atoms with E-state index in [1.165, 1.54) is 50.5 Å². The fraction of sp³-hybridized carbons (Fsp3) is 0.800. The van der Waals surface area contributed by atoms with Crippen LogP contribution in [0.5, 0.6) is 5.75 Å². The van der Waals surface area contributed by atoms with Gasteiger partial charge in [-0.2, -0.15) is 0 Å². The van der Waals surface area contributed by atoms with E-state index in [0.29, 0.717) is 92.5 Å². The van der Waals surface area contributed by atoms with Crippen LogP contribution in [0.1, 0.15) is 57.4 Å². The van der Waals surface area contributed by atoms with Gasteiger partial charge in [-0.1, -0.05) is 57.6 Å². The van der Waals surface area contributed by atoms with Crippen LogP contribution in [-0.2, 0) is 39.6 Å². The quantitative estimate of drug-likeness (QED) is 0.124. The lowest BCUT2D eigenvalue weighted by Gasteiger charge is -2.09. The lowest BCUT2D eigenvalue weighted by molar-refractivity contribution is -0.0199. The molecular weight excluding hydrogens is 488 g/mol. The van der Waals surface area contributed by atoms with Gasteiger partial charge in [0.25, 0.3) is 0 Å². The van der Waals surface area contributed by atoms with Crippen LogP contribution in [0.4, 0.5) is 0 Å². The predicted octanol–water partition coefficient (Wildman–Crippen LogP) is 5.10. The minimum atomic E-state index is 0.535. The second-order valence-corrected chi connectivity index (χ2v) is 9.03. The molecule has 1 rings (SSSR count). The first-order valence-corrected chi connectivity index (χ1v) is 14.5. The molecule has 0 aliphatic heterocycles. The van der Waals surface area contributed by atoms with Crippen molar-refractivity contribution in [1.82, 2.24) is 0 Å². The number of hydrogen-bond acceptors (Lipinski definition) is 8. The maximum atomic E-state index is 5.76. The minimum Gasteiger partial charge on any atom is -0.491 e. The molecule has 0 saturated carbocycles. The molecule has 0 aliphatic carbocycles. The summed E-state index contributed by atoms with van der Waals surface area (Å²) in [5.41, 5.74) is 1.39. The second-order valence-electron chi connectivity index (χ2n) is 9.03. The van der Waals surface area contributed by atoms with Crippen LogP contribution in [0.3, 0.4) is 0 Å². The Labute approximate surface area is 231 Å². The third-order valence-corrected chi connectivity index (χ3v) is 5.78. The second kappa shape index (κ2) is 28.7. The van der Waals surface area contributed by atoms with Gasteiger partial charge in [0.1, 0.15) is 12.4 Å². The zero-order chi connectivity index (χ0) is 27.2. The van der Waals surface area contributed by atoms with Crippen molar-refractivity contribution in [2.75, 3.05) is 99.6 Å². The standard InChI is InChI=1S/C30H54O8/c1-3-4-5-6-7-8-9-10-29-11-13-30(14-12-29)38-28-27-37-26-25-36-24-23-35-22-21-34-20-19-33-18-17-32-16-15-31-2/h11-14H,3-10,15-28H2,1-2H3. The molecule has 0 atom stereocenters. The van der Waals surface area contributed by atoms with E-state index in [0.717, 1.165) is 12.2 Å². The number of ether oxygens (including phenoxy) is 8.